The number of ether oxygens (including phenoxy) is 1. The summed E-state index contributed by atoms with van der Waals surface area (Å²) in [5.74, 6) is -1.02. The molecule has 2 aliphatic rings. The SMILES string of the molecule is CC[C@H](C)C(=O)O[C@H]1C[C@H](O)C=C2C=C[C@H](C)[C@H](CC[C@H](O)C/C=C\C(=O)O)[C@H]21. The van der Waals surface area contributed by atoms with Crippen molar-refractivity contribution in [1.82, 2.24) is 0 Å². The van der Waals surface area contributed by atoms with Crippen molar-refractivity contribution < 1.29 is 29.6 Å². The quantitative estimate of drug-likeness (QED) is 0.401. The van der Waals surface area contributed by atoms with Gasteiger partial charge in [0.15, 0.2) is 0 Å². The zero-order chi connectivity index (χ0) is 21.6. The van der Waals surface area contributed by atoms with Gasteiger partial charge in [0.1, 0.15) is 6.10 Å². The number of carbonyl (C=O) groups is 2. The van der Waals surface area contributed by atoms with Crippen molar-refractivity contribution >= 4 is 11.9 Å². The molecule has 3 N–H and O–H groups in total. The van der Waals surface area contributed by atoms with Crippen molar-refractivity contribution in [2.45, 2.75) is 71.2 Å². The fraction of sp³-hybridized carbons (Fsp3) is 0.652. The summed E-state index contributed by atoms with van der Waals surface area (Å²) in [7, 11) is 0. The van der Waals surface area contributed by atoms with Crippen molar-refractivity contribution in [2.75, 3.05) is 0 Å². The number of aliphatic hydroxyl groups is 2. The minimum absolute atomic E-state index is 0.00633. The Morgan fingerprint density at radius 1 is 1.38 bits per heavy atom. The Morgan fingerprint density at radius 3 is 2.76 bits per heavy atom. The predicted octanol–water partition coefficient (Wildman–Crippen LogP) is 3.25. The number of esters is 1. The van der Waals surface area contributed by atoms with Crippen molar-refractivity contribution in [1.29, 1.82) is 0 Å². The molecule has 0 aromatic heterocycles. The average Bonchev–Trinajstić information content (AvgIpc) is 2.66. The fourth-order valence-corrected chi connectivity index (χ4v) is 4.25. The van der Waals surface area contributed by atoms with Gasteiger partial charge in [-0.2, -0.15) is 0 Å². The molecule has 0 aromatic rings. The van der Waals surface area contributed by atoms with Gasteiger partial charge in [0.2, 0.25) is 0 Å². The largest absolute Gasteiger partial charge is 0.478 e. The Morgan fingerprint density at radius 2 is 2.10 bits per heavy atom. The number of aliphatic hydroxyl groups excluding tert-OH is 2. The van der Waals surface area contributed by atoms with Gasteiger partial charge < -0.3 is 20.1 Å². The van der Waals surface area contributed by atoms with E-state index < -0.39 is 18.2 Å². The monoisotopic (exact) mass is 406 g/mol. The zero-order valence-corrected chi connectivity index (χ0v) is 17.5. The second-order valence-corrected chi connectivity index (χ2v) is 8.37. The molecule has 2 aliphatic carbocycles. The highest BCUT2D eigenvalue weighted by Gasteiger charge is 2.42. The molecule has 0 aliphatic heterocycles. The van der Waals surface area contributed by atoms with E-state index in [2.05, 4.69) is 13.0 Å². The topological polar surface area (TPSA) is 104 Å². The van der Waals surface area contributed by atoms with Crippen LogP contribution in [0.25, 0.3) is 0 Å². The lowest BCUT2D eigenvalue weighted by Gasteiger charge is -2.43. The molecule has 0 saturated carbocycles. The second-order valence-electron chi connectivity index (χ2n) is 8.37. The molecule has 0 fully saturated rings. The number of fused-ring (bicyclic) bond motifs is 1. The first-order valence-electron chi connectivity index (χ1n) is 10.6. The average molecular weight is 407 g/mol. The summed E-state index contributed by atoms with van der Waals surface area (Å²) < 4.78 is 5.85. The number of aliphatic carboxylic acids is 1. The molecule has 6 heteroatoms. The fourth-order valence-electron chi connectivity index (χ4n) is 4.25. The van der Waals surface area contributed by atoms with Crippen LogP contribution in [0, 0.1) is 23.7 Å². The third kappa shape index (κ3) is 6.54. The summed E-state index contributed by atoms with van der Waals surface area (Å²) >= 11 is 0. The maximum atomic E-state index is 12.4. The number of allylic oxidation sites excluding steroid dienone is 2. The number of hydrogen-bond donors (Lipinski definition) is 3. The Balaban J connectivity index is 2.11. The predicted molar refractivity (Wildman–Crippen MR) is 110 cm³/mol. The third-order valence-electron chi connectivity index (χ3n) is 6.16. The second kappa shape index (κ2) is 10.7. The van der Waals surface area contributed by atoms with Crippen LogP contribution in [-0.2, 0) is 14.3 Å². The van der Waals surface area contributed by atoms with Crippen LogP contribution in [0.2, 0.25) is 0 Å². The molecule has 0 heterocycles. The van der Waals surface area contributed by atoms with Gasteiger partial charge >= 0.3 is 11.9 Å². The van der Waals surface area contributed by atoms with Crippen LogP contribution >= 0.6 is 0 Å². The first-order valence-corrected chi connectivity index (χ1v) is 10.6. The normalized spacial score (nSPS) is 31.1. The molecule has 0 unspecified atom stereocenters. The number of carboxylic acid groups (broad SMARTS) is 1. The van der Waals surface area contributed by atoms with Crippen molar-refractivity contribution in [3.05, 3.63) is 36.0 Å². The van der Waals surface area contributed by atoms with Crippen molar-refractivity contribution in [3.8, 4) is 0 Å². The van der Waals surface area contributed by atoms with Crippen LogP contribution in [0.5, 0.6) is 0 Å². The van der Waals surface area contributed by atoms with E-state index in [0.717, 1.165) is 18.1 Å². The van der Waals surface area contributed by atoms with Gasteiger partial charge in [0, 0.05) is 18.4 Å². The lowest BCUT2D eigenvalue weighted by molar-refractivity contribution is -0.159. The summed E-state index contributed by atoms with van der Waals surface area (Å²) in [6.45, 7) is 5.91. The van der Waals surface area contributed by atoms with E-state index in [0.29, 0.717) is 25.7 Å². The van der Waals surface area contributed by atoms with Crippen LogP contribution in [0.15, 0.2) is 36.0 Å². The van der Waals surface area contributed by atoms with Gasteiger partial charge in [-0.3, -0.25) is 4.79 Å². The van der Waals surface area contributed by atoms with E-state index >= 15 is 0 Å². The lowest BCUT2D eigenvalue weighted by atomic mass is 9.66. The molecule has 162 valence electrons. The van der Waals surface area contributed by atoms with Crippen LogP contribution < -0.4 is 0 Å². The molecule has 0 aromatic carbocycles. The van der Waals surface area contributed by atoms with Gasteiger partial charge in [-0.25, -0.2) is 4.79 Å². The molecule has 0 radical (unpaired) electrons. The van der Waals surface area contributed by atoms with E-state index in [4.69, 9.17) is 9.84 Å². The van der Waals surface area contributed by atoms with Gasteiger partial charge in [-0.15, -0.1) is 0 Å². The molecule has 0 spiro atoms. The molecule has 0 bridgehead atoms. The molecule has 29 heavy (non-hydrogen) atoms. The van der Waals surface area contributed by atoms with Gasteiger partial charge in [-0.05, 0) is 43.1 Å². The van der Waals surface area contributed by atoms with E-state index in [1.807, 2.05) is 26.0 Å². The van der Waals surface area contributed by atoms with E-state index in [1.165, 1.54) is 6.08 Å². The maximum absolute atomic E-state index is 12.4. The Labute approximate surface area is 173 Å². The minimum Gasteiger partial charge on any atom is -0.478 e. The van der Waals surface area contributed by atoms with Gasteiger partial charge in [0.05, 0.1) is 18.1 Å². The molecular formula is C23H34O6. The first-order chi connectivity index (χ1) is 13.7. The summed E-state index contributed by atoms with van der Waals surface area (Å²) in [4.78, 5) is 23.0. The van der Waals surface area contributed by atoms with Crippen molar-refractivity contribution in [3.63, 3.8) is 0 Å². The molecule has 2 rings (SSSR count). The molecule has 0 amide bonds. The van der Waals surface area contributed by atoms with Crippen molar-refractivity contribution in [2.24, 2.45) is 23.7 Å². The Kier molecular flexibility index (Phi) is 8.65. The van der Waals surface area contributed by atoms with E-state index in [1.54, 1.807) is 0 Å². The first kappa shape index (κ1) is 23.4. The van der Waals surface area contributed by atoms with Gasteiger partial charge in [0.25, 0.3) is 0 Å². The maximum Gasteiger partial charge on any atom is 0.327 e. The number of hydrogen-bond acceptors (Lipinski definition) is 5. The van der Waals surface area contributed by atoms with E-state index in [9.17, 15) is 19.8 Å². The molecule has 6 nitrogen and oxygen atoms in total. The highest BCUT2D eigenvalue weighted by molar-refractivity contribution is 5.79. The Bertz CT molecular complexity index is 664. The summed E-state index contributed by atoms with van der Waals surface area (Å²) in [6.07, 6.45) is 9.49. The number of carboxylic acids is 1. The van der Waals surface area contributed by atoms with Crippen LogP contribution in [-0.4, -0.2) is 45.6 Å². The summed E-state index contributed by atoms with van der Waals surface area (Å²) in [5, 5.41) is 29.1. The highest BCUT2D eigenvalue weighted by Crippen LogP contribution is 2.44. The number of carbonyl (C=O) groups excluding carboxylic acids is 1. The molecule has 0 saturated heterocycles. The molecular weight excluding hydrogens is 372 g/mol. The number of rotatable bonds is 9. The summed E-state index contributed by atoms with van der Waals surface area (Å²) in [6, 6.07) is 0. The Hall–Kier alpha value is -1.92. The smallest absolute Gasteiger partial charge is 0.327 e. The van der Waals surface area contributed by atoms with Gasteiger partial charge in [-0.1, -0.05) is 45.1 Å². The summed E-state index contributed by atoms with van der Waals surface area (Å²) in [5.41, 5.74) is 0.995. The lowest BCUT2D eigenvalue weighted by Crippen LogP contribution is -2.43. The third-order valence-corrected chi connectivity index (χ3v) is 6.16. The van der Waals surface area contributed by atoms with Crippen LogP contribution in [0.3, 0.4) is 0 Å². The minimum atomic E-state index is -1.02. The standard InChI is InChI=1S/C23H34O6/c1-4-14(2)23(28)29-20-13-18(25)12-16-9-8-15(3)19(22(16)20)11-10-17(24)6-5-7-21(26)27/h5,7-9,12,14-15,17-20,22,24-25H,4,6,10-11,13H2,1-3H3,(H,26,27)/b7-5-/t14-,15-,17+,18+,19-,20-,22-/m0/s1. The van der Waals surface area contributed by atoms with Crippen LogP contribution in [0.4, 0.5) is 0 Å². The van der Waals surface area contributed by atoms with Crippen LogP contribution in [0.1, 0.15) is 52.9 Å². The highest BCUT2D eigenvalue weighted by atomic mass is 16.5. The van der Waals surface area contributed by atoms with E-state index in [-0.39, 0.29) is 35.7 Å². The molecule has 7 atom stereocenters. The zero-order valence-electron chi connectivity index (χ0n) is 17.5.